The molecule has 2 rings (SSSR count). The maximum absolute atomic E-state index is 12.0. The zero-order chi connectivity index (χ0) is 18.2. The average molecular weight is 380 g/mol. The number of hydrogen-bond donors (Lipinski definition) is 2. The predicted octanol–water partition coefficient (Wildman–Crippen LogP) is 3.26. The zero-order valence-electron chi connectivity index (χ0n) is 14.2. The van der Waals surface area contributed by atoms with Crippen LogP contribution in [0.25, 0.3) is 0 Å². The maximum atomic E-state index is 12.0. The lowest BCUT2D eigenvalue weighted by molar-refractivity contribution is -0.119. The predicted molar refractivity (Wildman–Crippen MR) is 100 cm³/mol. The van der Waals surface area contributed by atoms with E-state index in [1.54, 1.807) is 31.4 Å². The third-order valence-corrected chi connectivity index (χ3v) is 5.35. The molecule has 1 atom stereocenters. The van der Waals surface area contributed by atoms with Gasteiger partial charge in [0.05, 0.1) is 12.9 Å². The molecule has 25 heavy (non-hydrogen) atoms. The third kappa shape index (κ3) is 6.02. The van der Waals surface area contributed by atoms with Gasteiger partial charge in [-0.2, -0.15) is 0 Å². The summed E-state index contributed by atoms with van der Waals surface area (Å²) < 4.78 is 5.74. The number of methoxy groups -OCH3 is 1. The molecule has 9 heteroatoms. The SMILES string of the molecule is CC[C@@H](C)C(=O)Nc1nnc(SCC(=O)Nc2cccc(OC)c2)s1. The molecule has 0 aliphatic carbocycles. The number of ether oxygens (including phenoxy) is 1. The minimum absolute atomic E-state index is 0.0753. The van der Waals surface area contributed by atoms with E-state index in [9.17, 15) is 9.59 Å². The Morgan fingerprint density at radius 1 is 1.32 bits per heavy atom. The summed E-state index contributed by atoms with van der Waals surface area (Å²) in [5.41, 5.74) is 0.670. The van der Waals surface area contributed by atoms with Crippen LogP contribution in [0.1, 0.15) is 20.3 Å². The number of aromatic nitrogens is 2. The van der Waals surface area contributed by atoms with Gasteiger partial charge in [-0.1, -0.05) is 43.0 Å². The van der Waals surface area contributed by atoms with E-state index < -0.39 is 0 Å². The lowest BCUT2D eigenvalue weighted by atomic mass is 10.1. The van der Waals surface area contributed by atoms with E-state index >= 15 is 0 Å². The Hall–Kier alpha value is -2.13. The fourth-order valence-electron chi connectivity index (χ4n) is 1.76. The summed E-state index contributed by atoms with van der Waals surface area (Å²) >= 11 is 2.52. The number of benzene rings is 1. The molecule has 1 aromatic carbocycles. The van der Waals surface area contributed by atoms with Crippen LogP contribution in [0.5, 0.6) is 5.75 Å². The van der Waals surface area contributed by atoms with Crippen LogP contribution in [-0.4, -0.2) is 34.9 Å². The van der Waals surface area contributed by atoms with Crippen LogP contribution in [0.2, 0.25) is 0 Å². The van der Waals surface area contributed by atoms with Gasteiger partial charge in [-0.25, -0.2) is 0 Å². The number of thioether (sulfide) groups is 1. The minimum atomic E-state index is -0.154. The Labute approximate surface area is 154 Å². The van der Waals surface area contributed by atoms with Gasteiger partial charge in [0.2, 0.25) is 16.9 Å². The van der Waals surface area contributed by atoms with Gasteiger partial charge in [0.25, 0.3) is 0 Å². The van der Waals surface area contributed by atoms with Crippen molar-refractivity contribution >= 4 is 45.7 Å². The highest BCUT2D eigenvalue weighted by Gasteiger charge is 2.14. The monoisotopic (exact) mass is 380 g/mol. The van der Waals surface area contributed by atoms with Crippen LogP contribution in [0, 0.1) is 5.92 Å². The second-order valence-electron chi connectivity index (χ2n) is 5.24. The van der Waals surface area contributed by atoms with Gasteiger partial charge in [-0.15, -0.1) is 10.2 Å². The summed E-state index contributed by atoms with van der Waals surface area (Å²) in [4.78, 5) is 23.8. The number of carbonyl (C=O) groups excluding carboxylic acids is 2. The summed E-state index contributed by atoms with van der Waals surface area (Å²) in [6, 6.07) is 7.15. The van der Waals surface area contributed by atoms with Gasteiger partial charge >= 0.3 is 0 Å². The van der Waals surface area contributed by atoms with E-state index in [0.29, 0.717) is 20.9 Å². The van der Waals surface area contributed by atoms with Crippen molar-refractivity contribution in [2.24, 2.45) is 5.92 Å². The molecule has 134 valence electrons. The summed E-state index contributed by atoms with van der Waals surface area (Å²) in [5, 5.41) is 13.9. The average Bonchev–Trinajstić information content (AvgIpc) is 3.06. The number of rotatable bonds is 8. The molecule has 0 fully saturated rings. The lowest BCUT2D eigenvalue weighted by Gasteiger charge is -2.06. The standard InChI is InChI=1S/C16H20N4O3S2/c1-4-10(2)14(22)18-15-19-20-16(25-15)24-9-13(21)17-11-6-5-7-12(8-11)23-3/h5-8,10H,4,9H2,1-3H3,(H,17,21)(H,18,19,22)/t10-/m1/s1. The molecule has 0 spiro atoms. The molecule has 0 aliphatic heterocycles. The lowest BCUT2D eigenvalue weighted by Crippen LogP contribution is -2.19. The fourth-order valence-corrected chi connectivity index (χ4v) is 3.31. The molecule has 1 aromatic heterocycles. The van der Waals surface area contributed by atoms with Crippen molar-refractivity contribution in [3.8, 4) is 5.75 Å². The Morgan fingerprint density at radius 3 is 2.84 bits per heavy atom. The van der Waals surface area contributed by atoms with Crippen molar-refractivity contribution in [3.05, 3.63) is 24.3 Å². The molecule has 1 heterocycles. The minimum Gasteiger partial charge on any atom is -0.497 e. The number of carbonyl (C=O) groups is 2. The van der Waals surface area contributed by atoms with E-state index in [1.807, 2.05) is 13.8 Å². The highest BCUT2D eigenvalue weighted by molar-refractivity contribution is 8.01. The number of hydrogen-bond acceptors (Lipinski definition) is 7. The van der Waals surface area contributed by atoms with Crippen molar-refractivity contribution in [2.45, 2.75) is 24.6 Å². The molecular formula is C16H20N4O3S2. The van der Waals surface area contributed by atoms with Crippen molar-refractivity contribution in [3.63, 3.8) is 0 Å². The smallest absolute Gasteiger partial charge is 0.234 e. The quantitative estimate of drug-likeness (QED) is 0.539. The molecule has 2 N–H and O–H groups in total. The van der Waals surface area contributed by atoms with Crippen LogP contribution >= 0.6 is 23.1 Å². The van der Waals surface area contributed by atoms with E-state index in [4.69, 9.17) is 4.74 Å². The van der Waals surface area contributed by atoms with Gasteiger partial charge in [0, 0.05) is 17.7 Å². The largest absolute Gasteiger partial charge is 0.497 e. The number of anilines is 2. The Morgan fingerprint density at radius 2 is 2.12 bits per heavy atom. The van der Waals surface area contributed by atoms with Gasteiger partial charge in [0.1, 0.15) is 5.75 Å². The fraction of sp³-hybridized carbons (Fsp3) is 0.375. The summed E-state index contributed by atoms with van der Waals surface area (Å²) in [6.07, 6.45) is 0.761. The number of amides is 2. The molecule has 0 saturated carbocycles. The number of nitrogens with zero attached hydrogens (tertiary/aromatic N) is 2. The first-order valence-electron chi connectivity index (χ1n) is 7.73. The van der Waals surface area contributed by atoms with Gasteiger partial charge in [-0.3, -0.25) is 9.59 Å². The number of nitrogens with one attached hydrogen (secondary N) is 2. The molecule has 2 amide bonds. The highest BCUT2D eigenvalue weighted by Crippen LogP contribution is 2.26. The highest BCUT2D eigenvalue weighted by atomic mass is 32.2. The van der Waals surface area contributed by atoms with Gasteiger partial charge in [-0.05, 0) is 18.6 Å². The third-order valence-electron chi connectivity index (χ3n) is 3.38. The van der Waals surface area contributed by atoms with Crippen LogP contribution < -0.4 is 15.4 Å². The first kappa shape index (κ1) is 19.2. The molecular weight excluding hydrogens is 360 g/mol. The Balaban J connectivity index is 1.83. The molecule has 0 aliphatic rings. The van der Waals surface area contributed by atoms with Crippen LogP contribution in [0.15, 0.2) is 28.6 Å². The molecule has 2 aromatic rings. The van der Waals surface area contributed by atoms with E-state index in [0.717, 1.165) is 6.42 Å². The second-order valence-corrected chi connectivity index (χ2v) is 7.44. The topological polar surface area (TPSA) is 93.2 Å². The van der Waals surface area contributed by atoms with Gasteiger partial charge in [0.15, 0.2) is 4.34 Å². The molecule has 0 bridgehead atoms. The molecule has 0 radical (unpaired) electrons. The van der Waals surface area contributed by atoms with Crippen molar-refractivity contribution in [1.29, 1.82) is 0 Å². The second kappa shape index (κ2) is 9.38. The maximum Gasteiger partial charge on any atom is 0.234 e. The van der Waals surface area contributed by atoms with Crippen molar-refractivity contribution in [1.82, 2.24) is 10.2 Å². The summed E-state index contributed by atoms with van der Waals surface area (Å²) in [5.74, 6) is 0.569. The zero-order valence-corrected chi connectivity index (χ0v) is 15.9. The molecule has 7 nitrogen and oxygen atoms in total. The van der Waals surface area contributed by atoms with Crippen molar-refractivity contribution < 1.29 is 14.3 Å². The van der Waals surface area contributed by atoms with Crippen LogP contribution in [0.3, 0.4) is 0 Å². The Kier molecular flexibility index (Phi) is 7.20. The molecule has 0 unspecified atom stereocenters. The van der Waals surface area contributed by atoms with Crippen LogP contribution in [0.4, 0.5) is 10.8 Å². The first-order valence-corrected chi connectivity index (χ1v) is 9.53. The summed E-state index contributed by atoms with van der Waals surface area (Å²) in [7, 11) is 1.57. The van der Waals surface area contributed by atoms with Crippen molar-refractivity contribution in [2.75, 3.05) is 23.5 Å². The normalized spacial score (nSPS) is 11.6. The first-order chi connectivity index (χ1) is 12.0. The Bertz CT molecular complexity index is 736. The van der Waals surface area contributed by atoms with Crippen LogP contribution in [-0.2, 0) is 9.59 Å². The molecule has 0 saturated heterocycles. The van der Waals surface area contributed by atoms with E-state index in [-0.39, 0.29) is 23.5 Å². The van der Waals surface area contributed by atoms with E-state index in [1.165, 1.54) is 23.1 Å². The van der Waals surface area contributed by atoms with Gasteiger partial charge < -0.3 is 15.4 Å². The summed E-state index contributed by atoms with van der Waals surface area (Å²) in [6.45, 7) is 3.81. The van der Waals surface area contributed by atoms with E-state index in [2.05, 4.69) is 20.8 Å².